The number of Topliss-reactive ketones (excluding diaryl/α,β-unsaturated/α-hetero) is 1. The van der Waals surface area contributed by atoms with Gasteiger partial charge in [0.2, 0.25) is 0 Å². The van der Waals surface area contributed by atoms with Crippen LogP contribution in [0.4, 0.5) is 4.79 Å². The molecule has 0 bridgehead atoms. The topological polar surface area (TPSA) is 55.4 Å². The number of carbonyl (C=O) groups excluding carboxylic acids is 2. The van der Waals surface area contributed by atoms with E-state index in [1.165, 1.54) is 22.3 Å². The SMILES string of the molecule is CC(=O)c1ccc(C)c(C=CCCNC(=O)OCC2c3ccccc3-c3ccccc32)c1. The van der Waals surface area contributed by atoms with Gasteiger partial charge in [0.25, 0.3) is 0 Å². The summed E-state index contributed by atoms with van der Waals surface area (Å²) in [5, 5.41) is 2.82. The molecule has 0 unspecified atom stereocenters. The van der Waals surface area contributed by atoms with Crippen LogP contribution in [0.2, 0.25) is 0 Å². The molecule has 1 aliphatic rings. The Morgan fingerprint density at radius 1 is 0.969 bits per heavy atom. The normalized spacial score (nSPS) is 12.4. The number of nitrogens with one attached hydrogen (secondary N) is 1. The van der Waals surface area contributed by atoms with Crippen molar-refractivity contribution in [2.45, 2.75) is 26.2 Å². The third-order valence-corrected chi connectivity index (χ3v) is 5.91. The van der Waals surface area contributed by atoms with Crippen LogP contribution in [0.5, 0.6) is 0 Å². The predicted molar refractivity (Wildman–Crippen MR) is 128 cm³/mol. The summed E-state index contributed by atoms with van der Waals surface area (Å²) in [6, 6.07) is 22.3. The minimum absolute atomic E-state index is 0.0524. The molecular formula is C28H27NO3. The largest absolute Gasteiger partial charge is 0.449 e. The average molecular weight is 426 g/mol. The molecule has 0 heterocycles. The van der Waals surface area contributed by atoms with Gasteiger partial charge in [-0.25, -0.2) is 4.79 Å². The number of carbonyl (C=O) groups is 2. The molecule has 0 saturated carbocycles. The van der Waals surface area contributed by atoms with Crippen molar-refractivity contribution in [1.29, 1.82) is 0 Å². The van der Waals surface area contributed by atoms with Crippen LogP contribution in [0.3, 0.4) is 0 Å². The van der Waals surface area contributed by atoms with E-state index >= 15 is 0 Å². The molecule has 1 N–H and O–H groups in total. The maximum absolute atomic E-state index is 12.2. The summed E-state index contributed by atoms with van der Waals surface area (Å²) in [7, 11) is 0. The number of fused-ring (bicyclic) bond motifs is 3. The summed E-state index contributed by atoms with van der Waals surface area (Å²) < 4.78 is 5.55. The van der Waals surface area contributed by atoms with Gasteiger partial charge in [-0.3, -0.25) is 4.79 Å². The van der Waals surface area contributed by atoms with Gasteiger partial charge in [0.15, 0.2) is 5.78 Å². The molecule has 0 aromatic heterocycles. The van der Waals surface area contributed by atoms with E-state index < -0.39 is 6.09 Å². The molecule has 4 rings (SSSR count). The Bertz CT molecular complexity index is 1130. The summed E-state index contributed by atoms with van der Waals surface area (Å²) in [5.74, 6) is 0.112. The van der Waals surface area contributed by atoms with Crippen LogP contribution in [-0.2, 0) is 4.74 Å². The second kappa shape index (κ2) is 9.65. The van der Waals surface area contributed by atoms with E-state index in [4.69, 9.17) is 4.74 Å². The molecule has 162 valence electrons. The third-order valence-electron chi connectivity index (χ3n) is 5.91. The number of benzene rings is 3. The number of ketones is 1. The van der Waals surface area contributed by atoms with E-state index in [-0.39, 0.29) is 11.7 Å². The highest BCUT2D eigenvalue weighted by Crippen LogP contribution is 2.44. The first-order valence-corrected chi connectivity index (χ1v) is 10.9. The highest BCUT2D eigenvalue weighted by Gasteiger charge is 2.28. The zero-order valence-corrected chi connectivity index (χ0v) is 18.4. The fraction of sp³-hybridized carbons (Fsp3) is 0.214. The first kappa shape index (κ1) is 21.6. The van der Waals surface area contributed by atoms with E-state index in [9.17, 15) is 9.59 Å². The Labute approximate surface area is 188 Å². The quantitative estimate of drug-likeness (QED) is 0.365. The monoisotopic (exact) mass is 425 g/mol. The fourth-order valence-electron chi connectivity index (χ4n) is 4.16. The minimum atomic E-state index is -0.407. The molecule has 4 heteroatoms. The van der Waals surface area contributed by atoms with Crippen molar-refractivity contribution in [2.75, 3.05) is 13.2 Å². The van der Waals surface area contributed by atoms with Crippen LogP contribution in [0.1, 0.15) is 51.9 Å². The van der Waals surface area contributed by atoms with Gasteiger partial charge in [0.1, 0.15) is 6.61 Å². The molecule has 3 aromatic carbocycles. The van der Waals surface area contributed by atoms with Crippen LogP contribution in [0.25, 0.3) is 17.2 Å². The Morgan fingerprint density at radius 3 is 2.28 bits per heavy atom. The molecule has 1 amide bonds. The Morgan fingerprint density at radius 2 is 1.62 bits per heavy atom. The lowest BCUT2D eigenvalue weighted by molar-refractivity contribution is 0.101. The fourth-order valence-corrected chi connectivity index (χ4v) is 4.16. The molecule has 32 heavy (non-hydrogen) atoms. The maximum atomic E-state index is 12.2. The van der Waals surface area contributed by atoms with Crippen molar-refractivity contribution in [3.63, 3.8) is 0 Å². The molecule has 0 spiro atoms. The number of hydrogen-bond acceptors (Lipinski definition) is 3. The average Bonchev–Trinajstić information content (AvgIpc) is 3.12. The van der Waals surface area contributed by atoms with Gasteiger partial charge in [-0.15, -0.1) is 0 Å². The Kier molecular flexibility index (Phi) is 6.50. The molecule has 4 nitrogen and oxygen atoms in total. The number of aryl methyl sites for hydroxylation is 1. The zero-order chi connectivity index (χ0) is 22.5. The lowest BCUT2D eigenvalue weighted by atomic mass is 9.98. The van der Waals surface area contributed by atoms with Gasteiger partial charge in [-0.1, -0.05) is 72.8 Å². The highest BCUT2D eigenvalue weighted by atomic mass is 16.5. The number of alkyl carbamates (subject to hydrolysis) is 1. The molecule has 0 atom stereocenters. The van der Waals surface area contributed by atoms with Crippen LogP contribution in [-0.4, -0.2) is 25.0 Å². The second-order valence-electron chi connectivity index (χ2n) is 8.07. The number of amides is 1. The van der Waals surface area contributed by atoms with E-state index in [1.54, 1.807) is 6.92 Å². The van der Waals surface area contributed by atoms with Crippen LogP contribution in [0, 0.1) is 6.92 Å². The Balaban J connectivity index is 1.28. The molecule has 0 saturated heterocycles. The van der Waals surface area contributed by atoms with Crippen molar-refractivity contribution in [3.05, 3.63) is 101 Å². The zero-order valence-electron chi connectivity index (χ0n) is 18.4. The smallest absolute Gasteiger partial charge is 0.407 e. The Hall–Kier alpha value is -3.66. The molecule has 1 aliphatic carbocycles. The summed E-state index contributed by atoms with van der Waals surface area (Å²) in [6.07, 6.45) is 4.25. The predicted octanol–water partition coefficient (Wildman–Crippen LogP) is 6.14. The van der Waals surface area contributed by atoms with Crippen LogP contribution >= 0.6 is 0 Å². The van der Waals surface area contributed by atoms with Crippen molar-refractivity contribution >= 4 is 18.0 Å². The van der Waals surface area contributed by atoms with Crippen molar-refractivity contribution in [2.24, 2.45) is 0 Å². The lowest BCUT2D eigenvalue weighted by Gasteiger charge is -2.14. The summed E-state index contributed by atoms with van der Waals surface area (Å²) >= 11 is 0. The van der Waals surface area contributed by atoms with Gasteiger partial charge in [-0.05, 0) is 59.7 Å². The van der Waals surface area contributed by atoms with Gasteiger partial charge in [0, 0.05) is 18.0 Å². The van der Waals surface area contributed by atoms with Crippen molar-refractivity contribution in [1.82, 2.24) is 5.32 Å². The summed E-state index contributed by atoms with van der Waals surface area (Å²) in [6.45, 7) is 4.38. The number of rotatable bonds is 7. The maximum Gasteiger partial charge on any atom is 0.407 e. The molecule has 0 aliphatic heterocycles. The first-order chi connectivity index (χ1) is 15.5. The third kappa shape index (κ3) is 4.65. The highest BCUT2D eigenvalue weighted by molar-refractivity contribution is 5.94. The molecule has 3 aromatic rings. The number of hydrogen-bond donors (Lipinski definition) is 1. The molecular weight excluding hydrogens is 398 g/mol. The standard InChI is InChI=1S/C28H27NO3/c1-19-14-15-22(20(2)30)17-21(19)9-7-8-16-29-28(31)32-18-27-25-12-5-3-10-23(25)24-11-4-6-13-26(24)27/h3-7,9-15,17,27H,8,16,18H2,1-2H3,(H,29,31). The van der Waals surface area contributed by atoms with Crippen molar-refractivity contribution < 1.29 is 14.3 Å². The van der Waals surface area contributed by atoms with Gasteiger partial charge in [0.05, 0.1) is 0 Å². The summed E-state index contributed by atoms with van der Waals surface area (Å²) in [4.78, 5) is 23.8. The summed E-state index contributed by atoms with van der Waals surface area (Å²) in [5.41, 5.74) is 7.65. The van der Waals surface area contributed by atoms with Crippen LogP contribution < -0.4 is 5.32 Å². The van der Waals surface area contributed by atoms with E-state index in [1.807, 2.05) is 61.5 Å². The first-order valence-electron chi connectivity index (χ1n) is 10.9. The van der Waals surface area contributed by atoms with Crippen molar-refractivity contribution in [3.8, 4) is 11.1 Å². The van der Waals surface area contributed by atoms with E-state index in [0.29, 0.717) is 25.1 Å². The van der Waals surface area contributed by atoms with Gasteiger partial charge in [-0.2, -0.15) is 0 Å². The van der Waals surface area contributed by atoms with Gasteiger partial charge < -0.3 is 10.1 Å². The van der Waals surface area contributed by atoms with Crippen LogP contribution in [0.15, 0.2) is 72.8 Å². The van der Waals surface area contributed by atoms with E-state index in [2.05, 4.69) is 29.6 Å². The lowest BCUT2D eigenvalue weighted by Crippen LogP contribution is -2.26. The molecule has 0 radical (unpaired) electrons. The van der Waals surface area contributed by atoms with E-state index in [0.717, 1.165) is 11.1 Å². The number of ether oxygens (including phenoxy) is 1. The minimum Gasteiger partial charge on any atom is -0.449 e. The second-order valence-corrected chi connectivity index (χ2v) is 8.07. The van der Waals surface area contributed by atoms with Gasteiger partial charge >= 0.3 is 6.09 Å². The molecule has 0 fully saturated rings.